The predicted octanol–water partition coefficient (Wildman–Crippen LogP) is 3.76. The Hall–Kier alpha value is -2.13. The molecule has 2 rings (SSSR count). The Kier molecular flexibility index (Phi) is 4.20. The average Bonchev–Trinajstić information content (AvgIpc) is 2.47. The molecule has 0 bridgehead atoms. The van der Waals surface area contributed by atoms with E-state index in [-0.39, 0.29) is 5.78 Å². The van der Waals surface area contributed by atoms with E-state index in [2.05, 4.69) is 0 Å². The van der Waals surface area contributed by atoms with Crippen molar-refractivity contribution in [3.8, 4) is 0 Å². The number of halogens is 1. The second-order valence-electron chi connectivity index (χ2n) is 4.49. The lowest BCUT2D eigenvalue weighted by molar-refractivity contribution is -0.138. The van der Waals surface area contributed by atoms with E-state index in [1.807, 2.05) is 6.07 Å². The van der Waals surface area contributed by atoms with Crippen molar-refractivity contribution in [2.75, 3.05) is 0 Å². The third-order valence-electron chi connectivity index (χ3n) is 3.14. The molecule has 2 aromatic carbocycles. The summed E-state index contributed by atoms with van der Waals surface area (Å²) in [5.41, 5.74) is 1.40. The number of rotatable bonds is 4. The summed E-state index contributed by atoms with van der Waals surface area (Å²) in [5, 5.41) is 9.35. The molecule has 0 spiro atoms. The molecule has 0 heterocycles. The molecule has 2 aromatic rings. The highest BCUT2D eigenvalue weighted by Gasteiger charge is 2.18. The molecule has 0 fully saturated rings. The largest absolute Gasteiger partial charge is 0.481 e. The van der Waals surface area contributed by atoms with Gasteiger partial charge in [0.25, 0.3) is 0 Å². The highest BCUT2D eigenvalue weighted by molar-refractivity contribution is 6.35. The molecular weight excluding hydrogens is 276 g/mol. The smallest absolute Gasteiger partial charge is 0.310 e. The zero-order chi connectivity index (χ0) is 14.7. The van der Waals surface area contributed by atoms with Crippen LogP contribution >= 0.6 is 11.6 Å². The summed E-state index contributed by atoms with van der Waals surface area (Å²) in [7, 11) is 0. The van der Waals surface area contributed by atoms with Crippen molar-refractivity contribution in [2.24, 2.45) is 0 Å². The van der Waals surface area contributed by atoms with Gasteiger partial charge in [0, 0.05) is 11.1 Å². The van der Waals surface area contributed by atoms with Crippen LogP contribution in [0, 0.1) is 0 Å². The zero-order valence-electron chi connectivity index (χ0n) is 10.8. The Morgan fingerprint density at radius 1 is 1.10 bits per heavy atom. The van der Waals surface area contributed by atoms with Gasteiger partial charge in [0.1, 0.15) is 0 Å². The number of ketones is 1. The maximum Gasteiger partial charge on any atom is 0.310 e. The lowest BCUT2D eigenvalue weighted by Gasteiger charge is -2.10. The first kappa shape index (κ1) is 14.3. The molecule has 3 nitrogen and oxygen atoms in total. The Balaban J connectivity index is 2.44. The summed E-state index contributed by atoms with van der Waals surface area (Å²) in [4.78, 5) is 23.4. The van der Waals surface area contributed by atoms with Crippen molar-refractivity contribution in [1.29, 1.82) is 0 Å². The molecule has 4 heteroatoms. The summed E-state index contributed by atoms with van der Waals surface area (Å²) in [6, 6.07) is 13.5. The van der Waals surface area contributed by atoms with Gasteiger partial charge in [0.05, 0.1) is 10.9 Å². The van der Waals surface area contributed by atoms with Gasteiger partial charge in [-0.05, 0) is 24.6 Å². The van der Waals surface area contributed by atoms with Crippen LogP contribution in [0.4, 0.5) is 0 Å². The molecule has 0 aliphatic rings. The predicted molar refractivity (Wildman–Crippen MR) is 77.4 cm³/mol. The van der Waals surface area contributed by atoms with E-state index in [4.69, 9.17) is 16.7 Å². The number of carbonyl (C=O) groups is 2. The van der Waals surface area contributed by atoms with Gasteiger partial charge in [-0.15, -0.1) is 0 Å². The number of hydrogen-bond acceptors (Lipinski definition) is 2. The lowest BCUT2D eigenvalue weighted by Crippen LogP contribution is -2.09. The summed E-state index contributed by atoms with van der Waals surface area (Å²) in [6.45, 7) is 1.57. The minimum atomic E-state index is -0.939. The van der Waals surface area contributed by atoms with Crippen molar-refractivity contribution >= 4 is 23.4 Å². The minimum absolute atomic E-state index is 0.213. The van der Waals surface area contributed by atoms with Gasteiger partial charge in [-0.25, -0.2) is 0 Å². The molecule has 0 radical (unpaired) electrons. The van der Waals surface area contributed by atoms with Crippen molar-refractivity contribution < 1.29 is 14.7 Å². The molecule has 20 heavy (non-hydrogen) atoms. The normalized spacial score (nSPS) is 11.9. The van der Waals surface area contributed by atoms with Crippen LogP contribution in [0.3, 0.4) is 0 Å². The van der Waals surface area contributed by atoms with Crippen molar-refractivity contribution in [1.82, 2.24) is 0 Å². The molecule has 0 saturated heterocycles. The maximum atomic E-state index is 12.4. The second kappa shape index (κ2) is 5.88. The number of hydrogen-bond donors (Lipinski definition) is 1. The lowest BCUT2D eigenvalue weighted by atomic mass is 9.96. The van der Waals surface area contributed by atoms with Crippen LogP contribution in [-0.2, 0) is 4.79 Å². The van der Waals surface area contributed by atoms with Crippen molar-refractivity contribution in [3.05, 3.63) is 70.2 Å². The highest BCUT2D eigenvalue weighted by Crippen LogP contribution is 2.25. The van der Waals surface area contributed by atoms with E-state index in [1.165, 1.54) is 0 Å². The number of carboxylic acid groups (broad SMARTS) is 1. The molecule has 102 valence electrons. The molecule has 0 aliphatic heterocycles. The molecule has 1 N–H and O–H groups in total. The average molecular weight is 289 g/mol. The first-order valence-corrected chi connectivity index (χ1v) is 6.50. The number of carbonyl (C=O) groups excluding carboxylic acids is 1. The van der Waals surface area contributed by atoms with Crippen LogP contribution in [0.15, 0.2) is 48.5 Å². The first-order valence-electron chi connectivity index (χ1n) is 6.12. The monoisotopic (exact) mass is 288 g/mol. The second-order valence-corrected chi connectivity index (χ2v) is 4.90. The zero-order valence-corrected chi connectivity index (χ0v) is 11.6. The van der Waals surface area contributed by atoms with Crippen LogP contribution in [0.1, 0.15) is 34.3 Å². The fourth-order valence-corrected chi connectivity index (χ4v) is 2.08. The van der Waals surface area contributed by atoms with Gasteiger partial charge in [0.15, 0.2) is 5.78 Å². The molecule has 1 atom stereocenters. The molecule has 0 aliphatic carbocycles. The van der Waals surface area contributed by atoms with Crippen LogP contribution in [0.5, 0.6) is 0 Å². The van der Waals surface area contributed by atoms with Gasteiger partial charge in [0.2, 0.25) is 0 Å². The van der Waals surface area contributed by atoms with Crippen LogP contribution in [-0.4, -0.2) is 16.9 Å². The summed E-state index contributed by atoms with van der Waals surface area (Å²) in [6.07, 6.45) is 0. The van der Waals surface area contributed by atoms with Gasteiger partial charge < -0.3 is 5.11 Å². The molecule has 0 saturated carbocycles. The Morgan fingerprint density at radius 2 is 1.75 bits per heavy atom. The third-order valence-corrected chi connectivity index (χ3v) is 3.47. The number of aliphatic carboxylic acids is 1. The van der Waals surface area contributed by atoms with Crippen molar-refractivity contribution in [2.45, 2.75) is 12.8 Å². The standard InChI is InChI=1S/C16H13ClO3/c1-10(16(19)20)12-7-8-14(17)13(9-12)15(18)11-5-3-2-4-6-11/h2-10H,1H3,(H,19,20). The Labute approximate surface area is 121 Å². The van der Waals surface area contributed by atoms with Gasteiger partial charge in [-0.1, -0.05) is 48.0 Å². The molecular formula is C16H13ClO3. The van der Waals surface area contributed by atoms with E-state index in [1.54, 1.807) is 49.4 Å². The topological polar surface area (TPSA) is 54.4 Å². The Bertz CT molecular complexity index is 650. The molecule has 0 aromatic heterocycles. The van der Waals surface area contributed by atoms with Gasteiger partial charge in [-0.2, -0.15) is 0 Å². The minimum Gasteiger partial charge on any atom is -0.481 e. The molecule has 0 amide bonds. The van der Waals surface area contributed by atoms with E-state index in [0.717, 1.165) is 0 Å². The molecule has 1 unspecified atom stereocenters. The van der Waals surface area contributed by atoms with Gasteiger partial charge in [-0.3, -0.25) is 9.59 Å². The number of benzene rings is 2. The van der Waals surface area contributed by atoms with Crippen LogP contribution < -0.4 is 0 Å². The first-order chi connectivity index (χ1) is 9.50. The van der Waals surface area contributed by atoms with E-state index < -0.39 is 11.9 Å². The van der Waals surface area contributed by atoms with E-state index in [9.17, 15) is 9.59 Å². The quantitative estimate of drug-likeness (QED) is 0.872. The third kappa shape index (κ3) is 2.89. The van der Waals surface area contributed by atoms with Crippen molar-refractivity contribution in [3.63, 3.8) is 0 Å². The fourth-order valence-electron chi connectivity index (χ4n) is 1.87. The SMILES string of the molecule is CC(C(=O)O)c1ccc(Cl)c(C(=O)c2ccccc2)c1. The van der Waals surface area contributed by atoms with Crippen LogP contribution in [0.25, 0.3) is 0 Å². The van der Waals surface area contributed by atoms with Crippen LogP contribution in [0.2, 0.25) is 5.02 Å². The fraction of sp³-hybridized carbons (Fsp3) is 0.125. The highest BCUT2D eigenvalue weighted by atomic mass is 35.5. The maximum absolute atomic E-state index is 12.4. The Morgan fingerprint density at radius 3 is 2.35 bits per heavy atom. The van der Waals surface area contributed by atoms with E-state index in [0.29, 0.717) is 21.7 Å². The number of carboxylic acids is 1. The summed E-state index contributed by atoms with van der Waals surface area (Å²) >= 11 is 6.06. The summed E-state index contributed by atoms with van der Waals surface area (Å²) < 4.78 is 0. The summed E-state index contributed by atoms with van der Waals surface area (Å²) in [5.74, 6) is -1.84. The van der Waals surface area contributed by atoms with E-state index >= 15 is 0 Å². The van der Waals surface area contributed by atoms with Gasteiger partial charge >= 0.3 is 5.97 Å².